The summed E-state index contributed by atoms with van der Waals surface area (Å²) < 4.78 is 76.2. The molecule has 11 heteroatoms. The number of alkyl halides is 4. The summed E-state index contributed by atoms with van der Waals surface area (Å²) in [4.78, 5) is 11.5. The molecule has 1 aliphatic rings. The highest BCUT2D eigenvalue weighted by Crippen LogP contribution is 2.37. The van der Waals surface area contributed by atoms with Crippen molar-refractivity contribution in [3.63, 3.8) is 0 Å². The molecule has 0 aromatic rings. The first-order valence-electron chi connectivity index (χ1n) is 6.80. The van der Waals surface area contributed by atoms with Gasteiger partial charge in [-0.25, -0.2) is 4.39 Å². The van der Waals surface area contributed by atoms with Crippen LogP contribution in [0.1, 0.15) is 33.6 Å². The first-order chi connectivity index (χ1) is 10.1. The van der Waals surface area contributed by atoms with Crippen LogP contribution >= 0.6 is 0 Å². The van der Waals surface area contributed by atoms with Crippen LogP contribution in [0.5, 0.6) is 0 Å². The Morgan fingerprint density at radius 3 is 2.22 bits per heavy atom. The van der Waals surface area contributed by atoms with Crippen LogP contribution in [0, 0.1) is 0 Å². The fraction of sp³-hybridized carbons (Fsp3) is 0.917. The van der Waals surface area contributed by atoms with E-state index in [2.05, 4.69) is 4.18 Å². The Hall–Kier alpha value is -0.940. The number of halogens is 4. The summed E-state index contributed by atoms with van der Waals surface area (Å²) in [6.45, 7) is 2.50. The van der Waals surface area contributed by atoms with Gasteiger partial charge in [0.25, 0.3) is 6.09 Å². The molecule has 1 rings (SSSR count). The maximum Gasteiger partial charge on any atom is 0.523 e. The first-order valence-corrected chi connectivity index (χ1v) is 8.21. The van der Waals surface area contributed by atoms with Crippen molar-refractivity contribution in [2.75, 3.05) is 19.7 Å². The molecule has 0 saturated carbocycles. The van der Waals surface area contributed by atoms with Crippen LogP contribution < -0.4 is 5.11 Å². The molecule has 1 unspecified atom stereocenters. The second-order valence-electron chi connectivity index (χ2n) is 6.70. The number of hydrogen-bond acceptors (Lipinski definition) is 5. The van der Waals surface area contributed by atoms with Gasteiger partial charge < -0.3 is 9.90 Å². The number of hydrogen-bond donors (Lipinski definition) is 0. The standard InChI is InChI=1S/C12H19F4NO5S/c1-10(2,3)17(9(18)19)6-4-5-11(13,7-17)8-22-23(20,21)12(14,15)16/h4-8H2,1-3H3/t11-,17?/m0/s1. The summed E-state index contributed by atoms with van der Waals surface area (Å²) in [7, 11) is -5.94. The van der Waals surface area contributed by atoms with Crippen molar-refractivity contribution >= 4 is 16.2 Å². The summed E-state index contributed by atoms with van der Waals surface area (Å²) in [6.07, 6.45) is -1.83. The van der Waals surface area contributed by atoms with Gasteiger partial charge in [-0.2, -0.15) is 21.6 Å². The van der Waals surface area contributed by atoms with E-state index in [9.17, 15) is 35.9 Å². The predicted molar refractivity (Wildman–Crippen MR) is 69.1 cm³/mol. The van der Waals surface area contributed by atoms with E-state index in [1.54, 1.807) is 0 Å². The molecule has 0 aromatic heterocycles. The number of likely N-dealkylation sites (tertiary alicyclic amines) is 1. The van der Waals surface area contributed by atoms with Crippen molar-refractivity contribution in [3.8, 4) is 0 Å². The third kappa shape index (κ3) is 3.94. The zero-order valence-corrected chi connectivity index (χ0v) is 13.8. The SMILES string of the molecule is CC(C)(C)[N+]1(C(=O)[O-])CCC[C@@](F)(COS(=O)(=O)C(F)(F)F)C1. The van der Waals surface area contributed by atoms with Crippen LogP contribution in [0.4, 0.5) is 22.4 Å². The van der Waals surface area contributed by atoms with E-state index >= 15 is 0 Å². The highest BCUT2D eigenvalue weighted by molar-refractivity contribution is 7.87. The van der Waals surface area contributed by atoms with Crippen LogP contribution in [0.25, 0.3) is 0 Å². The fourth-order valence-electron chi connectivity index (χ4n) is 2.68. The van der Waals surface area contributed by atoms with Gasteiger partial charge in [-0.1, -0.05) is 0 Å². The molecule has 0 N–H and O–H groups in total. The second kappa shape index (κ2) is 5.85. The zero-order valence-electron chi connectivity index (χ0n) is 12.9. The number of piperidine rings is 1. The minimum atomic E-state index is -5.94. The van der Waals surface area contributed by atoms with E-state index in [0.717, 1.165) is 0 Å². The number of nitrogens with zero attached hydrogens (tertiary/aromatic N) is 1. The molecule has 136 valence electrons. The predicted octanol–water partition coefficient (Wildman–Crippen LogP) is 1.31. The molecule has 0 aromatic carbocycles. The van der Waals surface area contributed by atoms with E-state index in [1.165, 1.54) is 20.8 Å². The largest absolute Gasteiger partial charge is 0.523 e. The van der Waals surface area contributed by atoms with Gasteiger partial charge in [-0.05, 0) is 27.2 Å². The first kappa shape index (κ1) is 20.1. The van der Waals surface area contributed by atoms with Crippen LogP contribution in [0.2, 0.25) is 0 Å². The third-order valence-electron chi connectivity index (χ3n) is 4.11. The van der Waals surface area contributed by atoms with Crippen LogP contribution in [-0.2, 0) is 14.3 Å². The number of carboxylic acid groups (broad SMARTS) is 1. The van der Waals surface area contributed by atoms with Crippen LogP contribution in [-0.4, -0.2) is 55.4 Å². The molecule has 1 heterocycles. The van der Waals surface area contributed by atoms with Gasteiger partial charge in [-0.15, -0.1) is 0 Å². The number of carbonyl (C=O) groups is 1. The van der Waals surface area contributed by atoms with E-state index in [-0.39, 0.29) is 19.4 Å². The quantitative estimate of drug-likeness (QED) is 0.326. The van der Waals surface area contributed by atoms with Gasteiger partial charge in [0.05, 0.1) is 12.1 Å². The van der Waals surface area contributed by atoms with Gasteiger partial charge in [0.2, 0.25) is 0 Å². The summed E-state index contributed by atoms with van der Waals surface area (Å²) >= 11 is 0. The molecule has 23 heavy (non-hydrogen) atoms. The molecular formula is C12H19F4NO5S. The summed E-state index contributed by atoms with van der Waals surface area (Å²) in [5, 5.41) is 11.5. The van der Waals surface area contributed by atoms with E-state index in [4.69, 9.17) is 0 Å². The Kier molecular flexibility index (Phi) is 5.11. The third-order valence-corrected chi connectivity index (χ3v) is 5.10. The van der Waals surface area contributed by atoms with E-state index < -0.39 is 50.6 Å². The summed E-state index contributed by atoms with van der Waals surface area (Å²) in [5.41, 5.74) is -9.17. The summed E-state index contributed by atoms with van der Waals surface area (Å²) in [6, 6.07) is 0. The Labute approximate surface area is 131 Å². The smallest absolute Gasteiger partial charge is 0.498 e. The highest BCUT2D eigenvalue weighted by Gasteiger charge is 2.55. The second-order valence-corrected chi connectivity index (χ2v) is 8.31. The van der Waals surface area contributed by atoms with Crippen molar-refractivity contribution in [2.24, 2.45) is 0 Å². The summed E-state index contributed by atoms with van der Waals surface area (Å²) in [5.74, 6) is 0. The molecule has 0 aliphatic carbocycles. The van der Waals surface area contributed by atoms with Crippen LogP contribution in [0.3, 0.4) is 0 Å². The lowest BCUT2D eigenvalue weighted by Gasteiger charge is -2.53. The van der Waals surface area contributed by atoms with Crippen molar-refractivity contribution in [2.45, 2.75) is 50.3 Å². The minimum Gasteiger partial charge on any atom is -0.498 e. The van der Waals surface area contributed by atoms with Gasteiger partial charge >= 0.3 is 15.6 Å². The lowest BCUT2D eigenvalue weighted by atomic mass is 9.88. The molecule has 6 nitrogen and oxygen atoms in total. The topological polar surface area (TPSA) is 83.5 Å². The Balaban J connectivity index is 3.02. The highest BCUT2D eigenvalue weighted by atomic mass is 32.2. The molecule has 0 radical (unpaired) electrons. The Morgan fingerprint density at radius 1 is 1.30 bits per heavy atom. The lowest BCUT2D eigenvalue weighted by Crippen LogP contribution is -2.73. The average Bonchev–Trinajstić information content (AvgIpc) is 2.34. The molecular weight excluding hydrogens is 346 g/mol. The van der Waals surface area contributed by atoms with Gasteiger partial charge in [-0.3, -0.25) is 8.67 Å². The number of carbonyl (C=O) groups excluding carboxylic acids is 1. The maximum atomic E-state index is 14.8. The monoisotopic (exact) mass is 365 g/mol. The maximum absolute atomic E-state index is 14.8. The number of amides is 1. The van der Waals surface area contributed by atoms with E-state index in [1.807, 2.05) is 0 Å². The fourth-order valence-corrected chi connectivity index (χ4v) is 3.18. The average molecular weight is 365 g/mol. The van der Waals surface area contributed by atoms with Crippen LogP contribution in [0.15, 0.2) is 0 Å². The molecule has 1 aliphatic heterocycles. The Bertz CT molecular complexity index is 571. The molecule has 2 atom stereocenters. The van der Waals surface area contributed by atoms with Gasteiger partial charge in [0.1, 0.15) is 13.2 Å². The lowest BCUT2D eigenvalue weighted by molar-refractivity contribution is -0.929. The molecule has 0 bridgehead atoms. The molecule has 1 saturated heterocycles. The van der Waals surface area contributed by atoms with Gasteiger partial charge in [0.15, 0.2) is 5.67 Å². The van der Waals surface area contributed by atoms with E-state index in [0.29, 0.717) is 0 Å². The Morgan fingerprint density at radius 2 is 1.83 bits per heavy atom. The zero-order chi connectivity index (χ0) is 18.3. The van der Waals surface area contributed by atoms with Crippen molar-refractivity contribution in [1.82, 2.24) is 0 Å². The normalized spacial score (nSPS) is 30.2. The molecule has 0 spiro atoms. The van der Waals surface area contributed by atoms with Crippen molar-refractivity contribution < 1.29 is 44.5 Å². The molecule has 1 fully saturated rings. The van der Waals surface area contributed by atoms with Gasteiger partial charge in [0, 0.05) is 6.42 Å². The minimum absolute atomic E-state index is 0.0313. The number of rotatable bonds is 3. The van der Waals surface area contributed by atoms with Crippen molar-refractivity contribution in [1.29, 1.82) is 0 Å². The van der Waals surface area contributed by atoms with Crippen molar-refractivity contribution in [3.05, 3.63) is 0 Å². The number of quaternary nitrogens is 1. The molecule has 1 amide bonds.